The number of aromatic nitrogens is 2. The molecule has 3 atom stereocenters. The largest absolute Gasteiger partial charge is 0.322 e. The third-order valence-electron chi connectivity index (χ3n) is 4.63. The zero-order valence-electron chi connectivity index (χ0n) is 10.7. The molecular weight excluding hydrogens is 240 g/mol. The Morgan fingerprint density at radius 2 is 2.33 bits per heavy atom. The molecule has 0 bridgehead atoms. The molecule has 1 aliphatic carbocycles. The highest BCUT2D eigenvalue weighted by molar-refractivity contribution is 7.10. The monoisotopic (exact) mass is 258 g/mol. The van der Waals surface area contributed by atoms with Crippen LogP contribution in [0, 0.1) is 11.8 Å². The minimum Gasteiger partial charge on any atom is -0.322 e. The molecule has 3 heteroatoms. The van der Waals surface area contributed by atoms with Crippen LogP contribution in [0.3, 0.4) is 0 Å². The predicted octanol–water partition coefficient (Wildman–Crippen LogP) is 4.34. The van der Waals surface area contributed by atoms with Gasteiger partial charge in [-0.25, -0.2) is 4.98 Å². The van der Waals surface area contributed by atoms with Gasteiger partial charge >= 0.3 is 0 Å². The highest BCUT2D eigenvalue weighted by Crippen LogP contribution is 2.49. The van der Waals surface area contributed by atoms with Gasteiger partial charge in [0, 0.05) is 10.4 Å². The molecule has 2 aromatic rings. The maximum atomic E-state index is 4.35. The Morgan fingerprint density at radius 3 is 3.22 bits per heavy atom. The first-order chi connectivity index (χ1) is 8.84. The van der Waals surface area contributed by atoms with E-state index in [4.69, 9.17) is 0 Å². The van der Waals surface area contributed by atoms with Crippen LogP contribution in [-0.4, -0.2) is 9.55 Å². The van der Waals surface area contributed by atoms with Crippen molar-refractivity contribution in [3.63, 3.8) is 0 Å². The number of hydrogen-bond donors (Lipinski definition) is 0. The molecule has 0 aromatic carbocycles. The topological polar surface area (TPSA) is 17.8 Å². The summed E-state index contributed by atoms with van der Waals surface area (Å²) in [6.07, 6.45) is 9.62. The smallest absolute Gasteiger partial charge is 0.0957 e. The van der Waals surface area contributed by atoms with E-state index in [0.717, 1.165) is 11.8 Å². The van der Waals surface area contributed by atoms with Crippen molar-refractivity contribution in [1.82, 2.24) is 9.55 Å². The van der Waals surface area contributed by atoms with E-state index in [0.29, 0.717) is 6.04 Å². The van der Waals surface area contributed by atoms with Crippen LogP contribution in [0.4, 0.5) is 0 Å². The van der Waals surface area contributed by atoms with E-state index in [2.05, 4.69) is 27.9 Å². The van der Waals surface area contributed by atoms with Gasteiger partial charge in [0.15, 0.2) is 0 Å². The second-order valence-electron chi connectivity index (χ2n) is 5.86. The van der Waals surface area contributed by atoms with Crippen LogP contribution >= 0.6 is 11.3 Å². The molecule has 0 spiro atoms. The number of rotatable bonds is 1. The van der Waals surface area contributed by atoms with Crippen molar-refractivity contribution < 1.29 is 0 Å². The van der Waals surface area contributed by atoms with E-state index in [1.54, 1.807) is 4.88 Å². The molecule has 0 amide bonds. The van der Waals surface area contributed by atoms with Gasteiger partial charge in [0.1, 0.15) is 0 Å². The Bertz CT molecular complexity index is 528. The SMILES string of the molecule is C[C@@H]1CCC[C@H]([C@H]2c3sccc3-c3cncn32)C1. The maximum Gasteiger partial charge on any atom is 0.0957 e. The molecule has 2 aromatic heterocycles. The highest BCUT2D eigenvalue weighted by Gasteiger charge is 2.36. The summed E-state index contributed by atoms with van der Waals surface area (Å²) in [6.45, 7) is 2.41. The van der Waals surface area contributed by atoms with Crippen molar-refractivity contribution in [2.24, 2.45) is 11.8 Å². The first-order valence-electron chi connectivity index (χ1n) is 6.94. The van der Waals surface area contributed by atoms with Crippen molar-refractivity contribution in [2.45, 2.75) is 38.6 Å². The van der Waals surface area contributed by atoms with Gasteiger partial charge in [-0.3, -0.25) is 0 Å². The molecule has 1 fully saturated rings. The first-order valence-corrected chi connectivity index (χ1v) is 7.82. The molecule has 0 saturated heterocycles. The molecule has 2 nitrogen and oxygen atoms in total. The Balaban J connectivity index is 1.77. The summed E-state index contributed by atoms with van der Waals surface area (Å²) in [5, 5.41) is 2.24. The van der Waals surface area contributed by atoms with Gasteiger partial charge in [0.05, 0.1) is 24.3 Å². The third-order valence-corrected chi connectivity index (χ3v) is 5.62. The van der Waals surface area contributed by atoms with Crippen molar-refractivity contribution in [1.29, 1.82) is 0 Å². The molecule has 4 rings (SSSR count). The summed E-state index contributed by atoms with van der Waals surface area (Å²) in [7, 11) is 0. The minimum atomic E-state index is 0.570. The maximum absolute atomic E-state index is 4.35. The molecule has 0 N–H and O–H groups in total. The zero-order chi connectivity index (χ0) is 12.1. The van der Waals surface area contributed by atoms with Crippen LogP contribution in [0.5, 0.6) is 0 Å². The van der Waals surface area contributed by atoms with E-state index >= 15 is 0 Å². The second kappa shape index (κ2) is 3.95. The van der Waals surface area contributed by atoms with Crippen LogP contribution in [0.1, 0.15) is 43.5 Å². The fourth-order valence-electron chi connectivity index (χ4n) is 3.83. The number of fused-ring (bicyclic) bond motifs is 3. The molecular formula is C15H18N2S. The normalized spacial score (nSPS) is 30.2. The summed E-state index contributed by atoms with van der Waals surface area (Å²) < 4.78 is 2.42. The summed E-state index contributed by atoms with van der Waals surface area (Å²) >= 11 is 1.93. The van der Waals surface area contributed by atoms with E-state index in [9.17, 15) is 0 Å². The lowest BCUT2D eigenvalue weighted by atomic mass is 9.78. The number of nitrogens with zero attached hydrogens (tertiary/aromatic N) is 2. The fourth-order valence-corrected chi connectivity index (χ4v) is 4.93. The van der Waals surface area contributed by atoms with Gasteiger partial charge in [-0.15, -0.1) is 11.3 Å². The van der Waals surface area contributed by atoms with Gasteiger partial charge in [-0.1, -0.05) is 19.8 Å². The lowest BCUT2D eigenvalue weighted by molar-refractivity contribution is 0.234. The lowest BCUT2D eigenvalue weighted by Gasteiger charge is -2.32. The molecule has 94 valence electrons. The molecule has 2 aliphatic rings. The van der Waals surface area contributed by atoms with Gasteiger partial charge in [0.25, 0.3) is 0 Å². The summed E-state index contributed by atoms with van der Waals surface area (Å²) in [5.41, 5.74) is 2.76. The van der Waals surface area contributed by atoms with Crippen LogP contribution < -0.4 is 0 Å². The van der Waals surface area contributed by atoms with Gasteiger partial charge < -0.3 is 4.57 Å². The van der Waals surface area contributed by atoms with Gasteiger partial charge in [0.2, 0.25) is 0 Å². The molecule has 1 saturated carbocycles. The average Bonchev–Trinajstić information content (AvgIpc) is 2.99. The Kier molecular flexibility index (Phi) is 2.37. The minimum absolute atomic E-state index is 0.570. The lowest BCUT2D eigenvalue weighted by Crippen LogP contribution is -2.22. The standard InChI is InChI=1S/C15H18N2S/c1-10-3-2-4-11(7-10)14-15-12(5-6-18-15)13-8-16-9-17(13)14/h5-6,8-11,14H,2-4,7H2,1H3/t10-,11+,14+/m1/s1. The zero-order valence-corrected chi connectivity index (χ0v) is 11.5. The van der Waals surface area contributed by atoms with E-state index < -0.39 is 0 Å². The Hall–Kier alpha value is -1.09. The van der Waals surface area contributed by atoms with Crippen molar-refractivity contribution in [3.8, 4) is 11.3 Å². The molecule has 3 heterocycles. The number of thiophene rings is 1. The molecule has 1 aliphatic heterocycles. The van der Waals surface area contributed by atoms with E-state index in [1.807, 2.05) is 23.9 Å². The van der Waals surface area contributed by atoms with Gasteiger partial charge in [-0.2, -0.15) is 0 Å². The van der Waals surface area contributed by atoms with Crippen molar-refractivity contribution in [2.75, 3.05) is 0 Å². The number of imidazole rings is 1. The summed E-state index contributed by atoms with van der Waals surface area (Å²) in [4.78, 5) is 5.93. The van der Waals surface area contributed by atoms with Gasteiger partial charge in [-0.05, 0) is 36.1 Å². The van der Waals surface area contributed by atoms with Crippen LogP contribution in [0.2, 0.25) is 0 Å². The van der Waals surface area contributed by atoms with Crippen LogP contribution in [0.25, 0.3) is 11.3 Å². The molecule has 0 unspecified atom stereocenters. The quantitative estimate of drug-likeness (QED) is 0.744. The molecule has 18 heavy (non-hydrogen) atoms. The van der Waals surface area contributed by atoms with Crippen LogP contribution in [-0.2, 0) is 0 Å². The Labute approximate surface area is 112 Å². The van der Waals surface area contributed by atoms with Crippen molar-refractivity contribution >= 4 is 11.3 Å². The first kappa shape index (κ1) is 10.8. The second-order valence-corrected chi connectivity index (χ2v) is 6.81. The highest BCUT2D eigenvalue weighted by atomic mass is 32.1. The Morgan fingerprint density at radius 1 is 1.39 bits per heavy atom. The third kappa shape index (κ3) is 1.43. The number of hydrogen-bond acceptors (Lipinski definition) is 2. The van der Waals surface area contributed by atoms with Crippen LogP contribution in [0.15, 0.2) is 24.0 Å². The van der Waals surface area contributed by atoms with Crippen molar-refractivity contribution in [3.05, 3.63) is 28.8 Å². The predicted molar refractivity (Wildman–Crippen MR) is 74.8 cm³/mol. The molecule has 0 radical (unpaired) electrons. The van der Waals surface area contributed by atoms with E-state index in [1.165, 1.54) is 36.9 Å². The fraction of sp³-hybridized carbons (Fsp3) is 0.533. The average molecular weight is 258 g/mol. The van der Waals surface area contributed by atoms with E-state index in [-0.39, 0.29) is 0 Å². The summed E-state index contributed by atoms with van der Waals surface area (Å²) in [6, 6.07) is 2.83. The summed E-state index contributed by atoms with van der Waals surface area (Å²) in [5.74, 6) is 1.70.